The summed E-state index contributed by atoms with van der Waals surface area (Å²) in [4.78, 5) is 16.9. The van der Waals surface area contributed by atoms with Crippen molar-refractivity contribution in [2.75, 3.05) is 5.32 Å². The van der Waals surface area contributed by atoms with Crippen LogP contribution >= 0.6 is 22.9 Å². The predicted octanol–water partition coefficient (Wildman–Crippen LogP) is 3.99. The van der Waals surface area contributed by atoms with E-state index in [0.29, 0.717) is 28.6 Å². The molecule has 2 aromatic heterocycles. The van der Waals surface area contributed by atoms with Crippen molar-refractivity contribution in [3.63, 3.8) is 0 Å². The van der Waals surface area contributed by atoms with E-state index < -0.39 is 5.82 Å². The lowest BCUT2D eigenvalue weighted by Gasteiger charge is -2.08. The number of anilines is 1. The van der Waals surface area contributed by atoms with Crippen molar-refractivity contribution in [2.45, 2.75) is 19.8 Å². The second kappa shape index (κ2) is 8.68. The Morgan fingerprint density at radius 3 is 2.90 bits per heavy atom. The van der Waals surface area contributed by atoms with E-state index in [0.717, 1.165) is 10.6 Å². The number of aromatic nitrogens is 5. The molecule has 0 saturated carbocycles. The molecule has 0 aliphatic rings. The molecule has 1 amide bonds. The first-order valence-corrected chi connectivity index (χ1v) is 10.3. The third kappa shape index (κ3) is 4.69. The van der Waals surface area contributed by atoms with Crippen molar-refractivity contribution in [2.24, 2.45) is 0 Å². The molecule has 2 aromatic carbocycles. The second-order valence-electron chi connectivity index (χ2n) is 6.57. The zero-order valence-electron chi connectivity index (χ0n) is 15.8. The highest BCUT2D eigenvalue weighted by molar-refractivity contribution is 7.09. The second-order valence-corrected chi connectivity index (χ2v) is 7.95. The number of hydrogen-bond acceptors (Lipinski definition) is 6. The van der Waals surface area contributed by atoms with Gasteiger partial charge in [-0.15, -0.1) is 16.4 Å². The van der Waals surface area contributed by atoms with Crippen LogP contribution in [0.1, 0.15) is 22.1 Å². The number of aryl methyl sites for hydroxylation is 1. The van der Waals surface area contributed by atoms with E-state index >= 15 is 0 Å². The molecule has 0 unspecified atom stereocenters. The Labute approximate surface area is 180 Å². The minimum absolute atomic E-state index is 0.0413. The van der Waals surface area contributed by atoms with Gasteiger partial charge in [-0.05, 0) is 53.2 Å². The molecule has 30 heavy (non-hydrogen) atoms. The topological polar surface area (TPSA) is 85.6 Å². The van der Waals surface area contributed by atoms with E-state index in [2.05, 4.69) is 25.8 Å². The highest BCUT2D eigenvalue weighted by Crippen LogP contribution is 2.21. The van der Waals surface area contributed by atoms with Gasteiger partial charge >= 0.3 is 0 Å². The molecule has 0 saturated heterocycles. The van der Waals surface area contributed by atoms with Gasteiger partial charge in [0.05, 0.1) is 28.5 Å². The van der Waals surface area contributed by atoms with Gasteiger partial charge in [0.15, 0.2) is 5.82 Å². The van der Waals surface area contributed by atoms with Crippen LogP contribution in [0.15, 0.2) is 47.8 Å². The molecule has 0 aliphatic heterocycles. The van der Waals surface area contributed by atoms with Gasteiger partial charge in [0.2, 0.25) is 5.91 Å². The third-order valence-corrected chi connectivity index (χ3v) is 5.41. The SMILES string of the molecule is Cc1nnnn1-c1ccc(F)c(NC(=O)Cc2csc(Cc3cccc(Cl)c3)n2)c1. The van der Waals surface area contributed by atoms with Crippen LogP contribution in [-0.2, 0) is 17.6 Å². The summed E-state index contributed by atoms with van der Waals surface area (Å²) in [6.07, 6.45) is 0.675. The third-order valence-electron chi connectivity index (χ3n) is 4.28. The first-order chi connectivity index (χ1) is 14.5. The summed E-state index contributed by atoms with van der Waals surface area (Å²) in [5.74, 6) is -0.356. The number of benzene rings is 2. The van der Waals surface area contributed by atoms with Crippen LogP contribution in [-0.4, -0.2) is 31.1 Å². The fourth-order valence-corrected chi connectivity index (χ4v) is 3.94. The first kappa shape index (κ1) is 20.1. The average molecular weight is 443 g/mol. The van der Waals surface area contributed by atoms with Gasteiger partial charge in [-0.2, -0.15) is 4.68 Å². The van der Waals surface area contributed by atoms with Crippen molar-refractivity contribution in [3.8, 4) is 5.69 Å². The summed E-state index contributed by atoms with van der Waals surface area (Å²) in [5, 5.41) is 17.2. The van der Waals surface area contributed by atoms with Gasteiger partial charge in [-0.3, -0.25) is 4.79 Å². The lowest BCUT2D eigenvalue weighted by atomic mass is 10.2. The summed E-state index contributed by atoms with van der Waals surface area (Å²) in [5.41, 5.74) is 2.28. The van der Waals surface area contributed by atoms with Gasteiger partial charge in [0.1, 0.15) is 5.82 Å². The number of hydrogen-bond donors (Lipinski definition) is 1. The molecule has 0 bridgehead atoms. The van der Waals surface area contributed by atoms with E-state index in [1.165, 1.54) is 34.2 Å². The molecular weight excluding hydrogens is 427 g/mol. The molecule has 0 radical (unpaired) electrons. The van der Waals surface area contributed by atoms with E-state index in [4.69, 9.17) is 11.6 Å². The largest absolute Gasteiger partial charge is 0.323 e. The number of halogens is 2. The molecule has 1 N–H and O–H groups in total. The van der Waals surface area contributed by atoms with Gasteiger partial charge in [-0.25, -0.2) is 9.37 Å². The highest BCUT2D eigenvalue weighted by Gasteiger charge is 2.13. The Morgan fingerprint density at radius 1 is 1.27 bits per heavy atom. The van der Waals surface area contributed by atoms with E-state index in [9.17, 15) is 9.18 Å². The van der Waals surface area contributed by atoms with Crippen LogP contribution in [0.4, 0.5) is 10.1 Å². The van der Waals surface area contributed by atoms with Crippen molar-refractivity contribution < 1.29 is 9.18 Å². The quantitative estimate of drug-likeness (QED) is 0.488. The predicted molar refractivity (Wildman–Crippen MR) is 113 cm³/mol. The molecule has 4 aromatic rings. The first-order valence-electron chi connectivity index (χ1n) is 9.00. The number of nitrogens with zero attached hydrogens (tertiary/aromatic N) is 5. The zero-order valence-corrected chi connectivity index (χ0v) is 17.4. The van der Waals surface area contributed by atoms with Gasteiger partial charge in [0, 0.05) is 16.8 Å². The van der Waals surface area contributed by atoms with Gasteiger partial charge < -0.3 is 5.32 Å². The van der Waals surface area contributed by atoms with Crippen LogP contribution in [0, 0.1) is 12.7 Å². The maximum absolute atomic E-state index is 14.2. The van der Waals surface area contributed by atoms with Gasteiger partial charge in [-0.1, -0.05) is 23.7 Å². The fraction of sp³-hybridized carbons (Fsp3) is 0.150. The molecule has 0 aliphatic carbocycles. The Morgan fingerprint density at radius 2 is 2.13 bits per heavy atom. The number of carbonyl (C=O) groups is 1. The lowest BCUT2D eigenvalue weighted by Crippen LogP contribution is -2.16. The molecule has 152 valence electrons. The molecule has 4 rings (SSSR count). The molecule has 7 nitrogen and oxygen atoms in total. The Hall–Kier alpha value is -3.17. The minimum Gasteiger partial charge on any atom is -0.323 e. The summed E-state index contributed by atoms with van der Waals surface area (Å²) >= 11 is 7.48. The average Bonchev–Trinajstić information content (AvgIpc) is 3.32. The fourth-order valence-electron chi connectivity index (χ4n) is 2.90. The smallest absolute Gasteiger partial charge is 0.230 e. The molecule has 2 heterocycles. The van der Waals surface area contributed by atoms with E-state index in [-0.39, 0.29) is 18.0 Å². The summed E-state index contributed by atoms with van der Waals surface area (Å²) in [7, 11) is 0. The minimum atomic E-state index is -0.544. The maximum atomic E-state index is 14.2. The molecule has 0 atom stereocenters. The number of thiazole rings is 1. The number of tetrazole rings is 1. The van der Waals surface area contributed by atoms with Crippen LogP contribution in [0.5, 0.6) is 0 Å². The normalized spacial score (nSPS) is 10.9. The molecule has 0 fully saturated rings. The number of rotatable bonds is 6. The molecule has 0 spiro atoms. The van der Waals surface area contributed by atoms with Crippen molar-refractivity contribution in [1.82, 2.24) is 25.2 Å². The standard InChI is InChI=1S/C20H16ClFN6OS/c1-12-25-26-27-28(12)16-5-6-17(22)18(10-16)24-19(29)9-15-11-30-20(23-15)8-13-3-2-4-14(21)7-13/h2-7,10-11H,8-9H2,1H3,(H,24,29). The molecular formula is C20H16ClFN6OS. The summed E-state index contributed by atoms with van der Waals surface area (Å²) in [6, 6.07) is 11.9. The molecule has 10 heteroatoms. The van der Waals surface area contributed by atoms with E-state index in [1.54, 1.807) is 6.92 Å². The van der Waals surface area contributed by atoms with Crippen molar-refractivity contribution in [3.05, 3.63) is 80.8 Å². The maximum Gasteiger partial charge on any atom is 0.230 e. The Balaban J connectivity index is 1.43. The Bertz CT molecular complexity index is 1210. The zero-order chi connectivity index (χ0) is 21.1. The number of nitrogens with one attached hydrogen (secondary N) is 1. The number of amides is 1. The highest BCUT2D eigenvalue weighted by atomic mass is 35.5. The van der Waals surface area contributed by atoms with Crippen LogP contribution in [0.25, 0.3) is 5.69 Å². The Kier molecular flexibility index (Phi) is 5.82. The van der Waals surface area contributed by atoms with Gasteiger partial charge in [0.25, 0.3) is 0 Å². The summed E-state index contributed by atoms with van der Waals surface area (Å²) < 4.78 is 15.6. The van der Waals surface area contributed by atoms with Crippen LogP contribution < -0.4 is 5.32 Å². The van der Waals surface area contributed by atoms with Crippen molar-refractivity contribution >= 4 is 34.5 Å². The summed E-state index contributed by atoms with van der Waals surface area (Å²) in [6.45, 7) is 1.73. The number of carbonyl (C=O) groups excluding carboxylic acids is 1. The lowest BCUT2D eigenvalue weighted by molar-refractivity contribution is -0.115. The van der Waals surface area contributed by atoms with Crippen LogP contribution in [0.2, 0.25) is 5.02 Å². The van der Waals surface area contributed by atoms with Crippen molar-refractivity contribution in [1.29, 1.82) is 0 Å². The monoisotopic (exact) mass is 442 g/mol. The van der Waals surface area contributed by atoms with Crippen LogP contribution in [0.3, 0.4) is 0 Å². The van der Waals surface area contributed by atoms with E-state index in [1.807, 2.05) is 29.6 Å².